The molecule has 4 heteroatoms. The van der Waals surface area contributed by atoms with Gasteiger partial charge in [0, 0.05) is 31.3 Å². The molecule has 1 aromatic carbocycles. The van der Waals surface area contributed by atoms with Crippen molar-refractivity contribution in [3.63, 3.8) is 0 Å². The molecule has 0 aliphatic carbocycles. The molecule has 0 saturated carbocycles. The van der Waals surface area contributed by atoms with E-state index in [1.807, 2.05) is 12.1 Å². The third kappa shape index (κ3) is 3.34. The van der Waals surface area contributed by atoms with Crippen molar-refractivity contribution in [3.8, 4) is 11.5 Å². The smallest absolute Gasteiger partial charge is 0.127 e. The monoisotopic (exact) mass is 253 g/mol. The van der Waals surface area contributed by atoms with E-state index in [4.69, 9.17) is 9.47 Å². The van der Waals surface area contributed by atoms with Crippen molar-refractivity contribution in [1.82, 2.24) is 4.90 Å². The topological polar surface area (TPSA) is 21.7 Å². The second-order valence-electron chi connectivity index (χ2n) is 4.20. The van der Waals surface area contributed by atoms with Gasteiger partial charge in [0.25, 0.3) is 0 Å². The van der Waals surface area contributed by atoms with Gasteiger partial charge in [0.2, 0.25) is 0 Å². The fraction of sp³-hybridized carbons (Fsp3) is 0.538. The Morgan fingerprint density at radius 3 is 2.59 bits per heavy atom. The van der Waals surface area contributed by atoms with Gasteiger partial charge in [0.1, 0.15) is 11.5 Å². The molecular weight excluding hydrogens is 233 g/mol. The Morgan fingerprint density at radius 1 is 1.18 bits per heavy atom. The van der Waals surface area contributed by atoms with E-state index in [1.54, 1.807) is 14.2 Å². The molecule has 1 aliphatic rings. The van der Waals surface area contributed by atoms with E-state index in [9.17, 15) is 0 Å². The standard InChI is InChI=1S/C13H20NO2P/c1-15-12-4-3-11(13(9-12)16-2)10-14-5-7-17-8-6-14/h3-4,9,17H,5-8,10H2,1-2H3. The average molecular weight is 253 g/mol. The first kappa shape index (κ1) is 12.7. The summed E-state index contributed by atoms with van der Waals surface area (Å²) >= 11 is 0. The van der Waals surface area contributed by atoms with Gasteiger partial charge in [-0.1, -0.05) is 6.07 Å². The van der Waals surface area contributed by atoms with Crippen molar-refractivity contribution in [1.29, 1.82) is 0 Å². The van der Waals surface area contributed by atoms with Gasteiger partial charge >= 0.3 is 0 Å². The lowest BCUT2D eigenvalue weighted by molar-refractivity contribution is 0.286. The molecule has 2 rings (SSSR count). The van der Waals surface area contributed by atoms with Gasteiger partial charge in [-0.15, -0.1) is 8.58 Å². The van der Waals surface area contributed by atoms with E-state index in [-0.39, 0.29) is 0 Å². The number of nitrogens with zero attached hydrogens (tertiary/aromatic N) is 1. The SMILES string of the molecule is COc1ccc(CN2CCPCC2)c(OC)c1. The molecule has 0 radical (unpaired) electrons. The maximum atomic E-state index is 5.42. The lowest BCUT2D eigenvalue weighted by atomic mass is 10.1. The molecule has 0 N–H and O–H groups in total. The third-order valence-electron chi connectivity index (χ3n) is 3.10. The number of benzene rings is 1. The van der Waals surface area contributed by atoms with Gasteiger partial charge in [-0.05, 0) is 18.4 Å². The zero-order valence-electron chi connectivity index (χ0n) is 10.5. The predicted octanol–water partition coefficient (Wildman–Crippen LogP) is 2.20. The molecule has 1 aromatic rings. The van der Waals surface area contributed by atoms with Crippen LogP contribution in [-0.2, 0) is 6.54 Å². The summed E-state index contributed by atoms with van der Waals surface area (Å²) in [6.07, 6.45) is 2.69. The van der Waals surface area contributed by atoms with E-state index in [1.165, 1.54) is 31.0 Å². The van der Waals surface area contributed by atoms with Crippen LogP contribution in [0.3, 0.4) is 0 Å². The number of hydrogen-bond donors (Lipinski definition) is 0. The lowest BCUT2D eigenvalue weighted by Crippen LogP contribution is -2.31. The molecule has 0 atom stereocenters. The minimum absolute atomic E-state index is 0.853. The zero-order chi connectivity index (χ0) is 12.1. The fourth-order valence-corrected chi connectivity index (χ4v) is 3.29. The van der Waals surface area contributed by atoms with Crippen LogP contribution in [0.4, 0.5) is 0 Å². The van der Waals surface area contributed by atoms with Crippen molar-refractivity contribution < 1.29 is 9.47 Å². The molecule has 0 bridgehead atoms. The van der Waals surface area contributed by atoms with Gasteiger partial charge in [0.15, 0.2) is 0 Å². The summed E-state index contributed by atoms with van der Waals surface area (Å²) < 4.78 is 10.6. The van der Waals surface area contributed by atoms with Crippen LogP contribution in [0.1, 0.15) is 5.56 Å². The lowest BCUT2D eigenvalue weighted by Gasteiger charge is -2.27. The maximum absolute atomic E-state index is 5.42. The van der Waals surface area contributed by atoms with Gasteiger partial charge in [-0.3, -0.25) is 4.90 Å². The second kappa shape index (κ2) is 6.23. The second-order valence-corrected chi connectivity index (χ2v) is 5.70. The predicted molar refractivity (Wildman–Crippen MR) is 72.9 cm³/mol. The number of hydrogen-bond acceptors (Lipinski definition) is 3. The molecule has 0 spiro atoms. The van der Waals surface area contributed by atoms with Crippen LogP contribution in [0, 0.1) is 0 Å². The molecule has 94 valence electrons. The molecule has 1 heterocycles. The molecule has 0 amide bonds. The minimum Gasteiger partial charge on any atom is -0.497 e. The molecule has 0 unspecified atom stereocenters. The van der Waals surface area contributed by atoms with Crippen molar-refractivity contribution in [2.75, 3.05) is 39.6 Å². The number of rotatable bonds is 4. The summed E-state index contributed by atoms with van der Waals surface area (Å²) in [6, 6.07) is 6.07. The Kier molecular flexibility index (Phi) is 4.64. The normalized spacial score (nSPS) is 16.8. The highest BCUT2D eigenvalue weighted by atomic mass is 31.1. The summed E-state index contributed by atoms with van der Waals surface area (Å²) in [4.78, 5) is 2.50. The first-order valence-electron chi connectivity index (χ1n) is 5.97. The van der Waals surface area contributed by atoms with Gasteiger partial charge in [-0.25, -0.2) is 0 Å². The van der Waals surface area contributed by atoms with Gasteiger partial charge in [0.05, 0.1) is 14.2 Å². The minimum atomic E-state index is 0.853. The summed E-state index contributed by atoms with van der Waals surface area (Å²) in [5, 5.41) is 0. The highest BCUT2D eigenvalue weighted by molar-refractivity contribution is 7.38. The van der Waals surface area contributed by atoms with E-state index >= 15 is 0 Å². The highest BCUT2D eigenvalue weighted by Crippen LogP contribution is 2.27. The van der Waals surface area contributed by atoms with Crippen LogP contribution in [0.25, 0.3) is 0 Å². The molecule has 1 aliphatic heterocycles. The fourth-order valence-electron chi connectivity index (χ4n) is 2.09. The molecule has 1 fully saturated rings. The first-order valence-corrected chi connectivity index (χ1v) is 7.39. The van der Waals surface area contributed by atoms with Crippen molar-refractivity contribution >= 4 is 8.58 Å². The number of methoxy groups -OCH3 is 2. The van der Waals surface area contributed by atoms with E-state index in [0.29, 0.717) is 0 Å². The largest absolute Gasteiger partial charge is 0.497 e. The zero-order valence-corrected chi connectivity index (χ0v) is 11.5. The van der Waals surface area contributed by atoms with Crippen LogP contribution in [-0.4, -0.2) is 44.5 Å². The Morgan fingerprint density at radius 2 is 1.94 bits per heavy atom. The van der Waals surface area contributed by atoms with Gasteiger partial charge < -0.3 is 9.47 Å². The summed E-state index contributed by atoms with van der Waals surface area (Å²) in [5.74, 6) is 1.78. The van der Waals surface area contributed by atoms with E-state index in [0.717, 1.165) is 26.6 Å². The third-order valence-corrected chi connectivity index (χ3v) is 4.25. The Hall–Kier alpha value is -0.790. The molecule has 0 aromatic heterocycles. The van der Waals surface area contributed by atoms with Crippen LogP contribution in [0.5, 0.6) is 11.5 Å². The van der Waals surface area contributed by atoms with Crippen LogP contribution < -0.4 is 9.47 Å². The highest BCUT2D eigenvalue weighted by Gasteiger charge is 2.13. The molecule has 1 saturated heterocycles. The summed E-state index contributed by atoms with van der Waals surface area (Å²) in [7, 11) is 4.55. The number of ether oxygens (including phenoxy) is 2. The van der Waals surface area contributed by atoms with Crippen molar-refractivity contribution in [2.45, 2.75) is 6.54 Å². The molecule has 3 nitrogen and oxygen atoms in total. The molecule has 17 heavy (non-hydrogen) atoms. The van der Waals surface area contributed by atoms with Crippen molar-refractivity contribution in [2.24, 2.45) is 0 Å². The van der Waals surface area contributed by atoms with E-state index < -0.39 is 0 Å². The Labute approximate surface area is 105 Å². The van der Waals surface area contributed by atoms with Crippen LogP contribution >= 0.6 is 8.58 Å². The quantitative estimate of drug-likeness (QED) is 0.768. The van der Waals surface area contributed by atoms with E-state index in [2.05, 4.69) is 11.0 Å². The van der Waals surface area contributed by atoms with Crippen LogP contribution in [0.2, 0.25) is 0 Å². The van der Waals surface area contributed by atoms with Crippen molar-refractivity contribution in [3.05, 3.63) is 23.8 Å². The average Bonchev–Trinajstić information content (AvgIpc) is 2.40. The van der Waals surface area contributed by atoms with Crippen LogP contribution in [0.15, 0.2) is 18.2 Å². The first-order chi connectivity index (χ1) is 8.33. The maximum Gasteiger partial charge on any atom is 0.127 e. The summed E-state index contributed by atoms with van der Waals surface area (Å²) in [5.41, 5.74) is 1.25. The Balaban J connectivity index is 2.08. The molecular formula is C13H20NO2P. The summed E-state index contributed by atoms with van der Waals surface area (Å²) in [6.45, 7) is 3.42. The van der Waals surface area contributed by atoms with Gasteiger partial charge in [-0.2, -0.15) is 0 Å². The Bertz CT molecular complexity index is 364.